The number of esters is 1. The summed E-state index contributed by atoms with van der Waals surface area (Å²) in [5.74, 6) is 0.594. The van der Waals surface area contributed by atoms with Gasteiger partial charge in [0.15, 0.2) is 0 Å². The van der Waals surface area contributed by atoms with Crippen LogP contribution >= 0.6 is 0 Å². The van der Waals surface area contributed by atoms with Gasteiger partial charge in [-0.1, -0.05) is 37.3 Å². The van der Waals surface area contributed by atoms with Crippen LogP contribution in [0.2, 0.25) is 0 Å². The van der Waals surface area contributed by atoms with Crippen LogP contribution in [0.1, 0.15) is 64.4 Å². The Balaban J connectivity index is 1.25. The van der Waals surface area contributed by atoms with Gasteiger partial charge in [0.05, 0.1) is 17.1 Å². The molecule has 6 atom stereocenters. The van der Waals surface area contributed by atoms with Gasteiger partial charge in [-0.05, 0) is 82.9 Å². The Morgan fingerprint density at radius 2 is 1.85 bits per heavy atom. The average Bonchev–Trinajstić information content (AvgIpc) is 3.08. The second-order valence-electron chi connectivity index (χ2n) is 11.8. The molecule has 2 aliphatic carbocycles. The van der Waals surface area contributed by atoms with Crippen molar-refractivity contribution in [3.05, 3.63) is 35.9 Å². The number of carbonyl (C=O) groups excluding carboxylic acids is 1. The molecule has 0 amide bonds. The van der Waals surface area contributed by atoms with E-state index in [1.54, 1.807) is 7.11 Å². The molecule has 1 aromatic rings. The van der Waals surface area contributed by atoms with Crippen molar-refractivity contribution in [3.63, 3.8) is 0 Å². The fourth-order valence-electron chi connectivity index (χ4n) is 7.69. The molecule has 0 bridgehead atoms. The van der Waals surface area contributed by atoms with Gasteiger partial charge in [0.25, 0.3) is 0 Å². The van der Waals surface area contributed by atoms with Crippen molar-refractivity contribution >= 4 is 5.97 Å². The molecule has 182 valence electrons. The molecule has 2 saturated heterocycles. The Hall–Kier alpha value is -1.43. The normalized spacial score (nSPS) is 41.9. The second kappa shape index (κ2) is 8.66. The lowest BCUT2D eigenvalue weighted by Crippen LogP contribution is -2.69. The van der Waals surface area contributed by atoms with Gasteiger partial charge in [-0.25, -0.2) is 0 Å². The van der Waals surface area contributed by atoms with E-state index in [4.69, 9.17) is 9.47 Å². The molecule has 2 aliphatic heterocycles. The van der Waals surface area contributed by atoms with Crippen LogP contribution in [0.5, 0.6) is 0 Å². The highest BCUT2D eigenvalue weighted by molar-refractivity contribution is 5.75. The van der Waals surface area contributed by atoms with E-state index in [1.165, 1.54) is 18.4 Å². The lowest BCUT2D eigenvalue weighted by atomic mass is 9.49. The molecule has 5 nitrogen and oxygen atoms in total. The summed E-state index contributed by atoms with van der Waals surface area (Å²) in [6, 6.07) is 10.8. The number of piperidine rings is 1. The summed E-state index contributed by atoms with van der Waals surface area (Å²) in [5.41, 5.74) is -0.354. The van der Waals surface area contributed by atoms with E-state index in [2.05, 4.69) is 49.1 Å². The number of carbonyl (C=O) groups is 1. The standard InChI is InChI=1S/C28H41NO4/c1-26-12-7-13-27(2,32-3)28(26,31)17-22-23(25(30)33-24(22)18-26)19-29-14-10-21(11-15-29)16-20-8-5-4-6-9-20/h4-6,8-9,21-24,31H,7,10-19H2,1-3H3/t22-,23+,24+,26+,27+,28-/m0/s1. The number of aliphatic hydroxyl groups is 1. The molecule has 33 heavy (non-hydrogen) atoms. The quantitative estimate of drug-likeness (QED) is 0.674. The number of nitrogens with zero attached hydrogens (tertiary/aromatic N) is 1. The zero-order valence-electron chi connectivity index (χ0n) is 20.6. The van der Waals surface area contributed by atoms with E-state index in [1.807, 2.05) is 0 Å². The van der Waals surface area contributed by atoms with Gasteiger partial charge in [-0.3, -0.25) is 4.79 Å². The van der Waals surface area contributed by atoms with Crippen molar-refractivity contribution in [1.29, 1.82) is 0 Å². The Kier molecular flexibility index (Phi) is 6.12. The summed E-state index contributed by atoms with van der Waals surface area (Å²) in [7, 11) is 1.73. The summed E-state index contributed by atoms with van der Waals surface area (Å²) in [4.78, 5) is 15.5. The molecule has 4 aliphatic rings. The minimum Gasteiger partial charge on any atom is -0.462 e. The van der Waals surface area contributed by atoms with E-state index in [-0.39, 0.29) is 29.3 Å². The van der Waals surface area contributed by atoms with E-state index >= 15 is 0 Å². The summed E-state index contributed by atoms with van der Waals surface area (Å²) in [6.45, 7) is 7.08. The van der Waals surface area contributed by atoms with Crippen LogP contribution < -0.4 is 0 Å². The van der Waals surface area contributed by atoms with E-state index in [0.29, 0.717) is 12.3 Å². The fourth-order valence-corrected chi connectivity index (χ4v) is 7.69. The van der Waals surface area contributed by atoms with E-state index < -0.39 is 11.2 Å². The Morgan fingerprint density at radius 1 is 1.12 bits per heavy atom. The highest BCUT2D eigenvalue weighted by Gasteiger charge is 2.67. The third kappa shape index (κ3) is 3.94. The zero-order chi connectivity index (χ0) is 23.3. The molecule has 0 aromatic heterocycles. The first-order valence-electron chi connectivity index (χ1n) is 13.0. The summed E-state index contributed by atoms with van der Waals surface area (Å²) in [5, 5.41) is 12.1. The maximum Gasteiger partial charge on any atom is 0.310 e. The Morgan fingerprint density at radius 3 is 2.55 bits per heavy atom. The monoisotopic (exact) mass is 455 g/mol. The number of fused-ring (bicyclic) bond motifs is 2. The maximum absolute atomic E-state index is 13.0. The smallest absolute Gasteiger partial charge is 0.310 e. The molecular formula is C28H41NO4. The van der Waals surface area contributed by atoms with Gasteiger partial charge in [-0.2, -0.15) is 0 Å². The lowest BCUT2D eigenvalue weighted by Gasteiger charge is -2.62. The molecule has 5 rings (SSSR count). The van der Waals surface area contributed by atoms with Crippen molar-refractivity contribution in [2.45, 2.75) is 82.5 Å². The predicted molar refractivity (Wildman–Crippen MR) is 128 cm³/mol. The van der Waals surface area contributed by atoms with Crippen molar-refractivity contribution in [3.8, 4) is 0 Å². The van der Waals surface area contributed by atoms with E-state index in [9.17, 15) is 9.90 Å². The highest BCUT2D eigenvalue weighted by Crippen LogP contribution is 2.61. The van der Waals surface area contributed by atoms with Crippen LogP contribution in [0, 0.1) is 23.2 Å². The number of rotatable bonds is 5. The molecule has 2 saturated carbocycles. The maximum atomic E-state index is 13.0. The van der Waals surface area contributed by atoms with E-state index in [0.717, 1.165) is 51.7 Å². The number of hydrogen-bond acceptors (Lipinski definition) is 5. The summed E-state index contributed by atoms with van der Waals surface area (Å²) in [6.07, 6.45) is 7.63. The van der Waals surface area contributed by atoms with Gasteiger partial charge in [0.1, 0.15) is 6.10 Å². The first-order valence-corrected chi connectivity index (χ1v) is 13.0. The number of hydrogen-bond donors (Lipinski definition) is 1. The minimum absolute atomic E-state index is 0.0543. The average molecular weight is 456 g/mol. The number of benzene rings is 1. The molecule has 1 N–H and O–H groups in total. The predicted octanol–water partition coefficient (Wildman–Crippen LogP) is 4.22. The Labute approximate surface area is 198 Å². The van der Waals surface area contributed by atoms with Gasteiger partial charge >= 0.3 is 5.97 Å². The van der Waals surface area contributed by atoms with Crippen molar-refractivity contribution in [2.24, 2.45) is 23.2 Å². The third-order valence-electron chi connectivity index (χ3n) is 9.98. The highest BCUT2D eigenvalue weighted by atomic mass is 16.6. The lowest BCUT2D eigenvalue weighted by molar-refractivity contribution is -0.270. The van der Waals surface area contributed by atoms with Crippen LogP contribution in [-0.2, 0) is 20.7 Å². The molecule has 1 aromatic carbocycles. The summed E-state index contributed by atoms with van der Waals surface area (Å²) < 4.78 is 11.9. The molecule has 0 unspecified atom stereocenters. The van der Waals surface area contributed by atoms with Gasteiger partial charge < -0.3 is 19.5 Å². The fraction of sp³-hybridized carbons (Fsp3) is 0.750. The Bertz CT molecular complexity index is 853. The largest absolute Gasteiger partial charge is 0.462 e. The number of ether oxygens (including phenoxy) is 2. The molecule has 0 radical (unpaired) electrons. The first-order chi connectivity index (χ1) is 15.8. The molecule has 4 fully saturated rings. The first kappa shape index (κ1) is 23.3. The molecular weight excluding hydrogens is 414 g/mol. The number of methoxy groups -OCH3 is 1. The van der Waals surface area contributed by atoms with Gasteiger partial charge in [0.2, 0.25) is 0 Å². The van der Waals surface area contributed by atoms with Crippen LogP contribution in [-0.4, -0.2) is 60.0 Å². The zero-order valence-corrected chi connectivity index (χ0v) is 20.6. The van der Waals surface area contributed by atoms with Crippen LogP contribution in [0.4, 0.5) is 0 Å². The van der Waals surface area contributed by atoms with Gasteiger partial charge in [-0.15, -0.1) is 0 Å². The molecule has 5 heteroatoms. The van der Waals surface area contributed by atoms with Gasteiger partial charge in [0, 0.05) is 25.0 Å². The SMILES string of the molecule is CO[C@]1(C)CCC[C@]2(C)C[C@H]3OC(=O)[C@H](CN4CCC(Cc5ccccc5)CC4)[C@@H]3C[C@]21O. The molecule has 2 heterocycles. The molecule has 0 spiro atoms. The van der Waals surface area contributed by atoms with Crippen LogP contribution in [0.15, 0.2) is 30.3 Å². The third-order valence-corrected chi connectivity index (χ3v) is 9.98. The van der Waals surface area contributed by atoms with Crippen LogP contribution in [0.3, 0.4) is 0 Å². The number of likely N-dealkylation sites (tertiary alicyclic amines) is 1. The minimum atomic E-state index is -0.928. The van der Waals surface area contributed by atoms with Crippen molar-refractivity contribution < 1.29 is 19.4 Å². The van der Waals surface area contributed by atoms with Crippen molar-refractivity contribution in [2.75, 3.05) is 26.7 Å². The summed E-state index contributed by atoms with van der Waals surface area (Å²) >= 11 is 0. The topological polar surface area (TPSA) is 59.0 Å². The second-order valence-corrected chi connectivity index (χ2v) is 11.8. The van der Waals surface area contributed by atoms with Crippen molar-refractivity contribution in [1.82, 2.24) is 4.90 Å². The van der Waals surface area contributed by atoms with Crippen LogP contribution in [0.25, 0.3) is 0 Å².